The van der Waals surface area contributed by atoms with E-state index in [0.29, 0.717) is 5.69 Å². The largest absolute Gasteiger partial charge is 0.469 e. The highest BCUT2D eigenvalue weighted by Crippen LogP contribution is 2.27. The average Bonchev–Trinajstić information content (AvgIpc) is 2.48. The van der Waals surface area contributed by atoms with E-state index in [-0.39, 0.29) is 17.9 Å². The predicted octanol–water partition coefficient (Wildman–Crippen LogP) is 2.10. The summed E-state index contributed by atoms with van der Waals surface area (Å²) in [6.45, 7) is 0. The van der Waals surface area contributed by atoms with Gasteiger partial charge in [-0.3, -0.25) is 4.79 Å². The van der Waals surface area contributed by atoms with Crippen LogP contribution >= 0.6 is 0 Å². The Bertz CT molecular complexity index is 488. The molecule has 5 heteroatoms. The summed E-state index contributed by atoms with van der Waals surface area (Å²) in [5, 5.41) is 12.3. The Morgan fingerprint density at radius 3 is 2.84 bits per heavy atom. The van der Waals surface area contributed by atoms with E-state index in [4.69, 9.17) is 10.00 Å². The van der Waals surface area contributed by atoms with Crippen LogP contribution in [0.4, 0.5) is 5.69 Å². The molecule has 0 aromatic carbocycles. The third-order valence-corrected chi connectivity index (χ3v) is 3.53. The molecule has 100 valence electrons. The first-order valence-corrected chi connectivity index (χ1v) is 6.44. The van der Waals surface area contributed by atoms with E-state index in [0.717, 1.165) is 31.4 Å². The fourth-order valence-corrected chi connectivity index (χ4v) is 2.47. The third kappa shape index (κ3) is 3.22. The van der Waals surface area contributed by atoms with Gasteiger partial charge in [0.15, 0.2) is 5.69 Å². The number of hydrogen-bond acceptors (Lipinski definition) is 5. The molecule has 1 aliphatic carbocycles. The van der Waals surface area contributed by atoms with Gasteiger partial charge in [-0.15, -0.1) is 0 Å². The number of ether oxygens (including phenoxy) is 1. The summed E-state index contributed by atoms with van der Waals surface area (Å²) in [4.78, 5) is 15.5. The smallest absolute Gasteiger partial charge is 0.308 e. The molecule has 1 aromatic rings. The van der Waals surface area contributed by atoms with E-state index in [1.807, 2.05) is 12.1 Å². The normalized spacial score (nSPS) is 22.3. The van der Waals surface area contributed by atoms with Gasteiger partial charge >= 0.3 is 5.97 Å². The Morgan fingerprint density at radius 2 is 2.21 bits per heavy atom. The lowest BCUT2D eigenvalue weighted by Crippen LogP contribution is -2.30. The van der Waals surface area contributed by atoms with Gasteiger partial charge in [0, 0.05) is 12.2 Å². The van der Waals surface area contributed by atoms with Crippen LogP contribution < -0.4 is 5.32 Å². The lowest BCUT2D eigenvalue weighted by atomic mass is 9.86. The summed E-state index contributed by atoms with van der Waals surface area (Å²) in [7, 11) is 1.43. The lowest BCUT2D eigenvalue weighted by Gasteiger charge is -2.28. The first-order chi connectivity index (χ1) is 9.24. The fraction of sp³-hybridized carbons (Fsp3) is 0.500. The van der Waals surface area contributed by atoms with Crippen LogP contribution in [0.5, 0.6) is 0 Å². The van der Waals surface area contributed by atoms with Crippen LogP contribution in [0.2, 0.25) is 0 Å². The van der Waals surface area contributed by atoms with E-state index >= 15 is 0 Å². The van der Waals surface area contributed by atoms with Gasteiger partial charge in [0.1, 0.15) is 6.07 Å². The second-order valence-electron chi connectivity index (χ2n) is 4.73. The minimum absolute atomic E-state index is 0.0207. The summed E-state index contributed by atoms with van der Waals surface area (Å²) >= 11 is 0. The van der Waals surface area contributed by atoms with Crippen LogP contribution in [-0.4, -0.2) is 24.1 Å². The summed E-state index contributed by atoms with van der Waals surface area (Å²) in [6.07, 6.45) is 5.07. The van der Waals surface area contributed by atoms with E-state index in [1.165, 1.54) is 7.11 Å². The Labute approximate surface area is 112 Å². The van der Waals surface area contributed by atoms with Crippen molar-refractivity contribution in [3.05, 3.63) is 24.0 Å². The zero-order chi connectivity index (χ0) is 13.7. The highest BCUT2D eigenvalue weighted by molar-refractivity contribution is 5.72. The molecule has 19 heavy (non-hydrogen) atoms. The van der Waals surface area contributed by atoms with Crippen LogP contribution in [0, 0.1) is 17.2 Å². The molecule has 0 amide bonds. The second-order valence-corrected chi connectivity index (χ2v) is 4.73. The van der Waals surface area contributed by atoms with Crippen molar-refractivity contribution >= 4 is 11.7 Å². The van der Waals surface area contributed by atoms with Gasteiger partial charge in [-0.2, -0.15) is 5.26 Å². The van der Waals surface area contributed by atoms with Gasteiger partial charge in [-0.25, -0.2) is 4.98 Å². The number of anilines is 1. The van der Waals surface area contributed by atoms with E-state index in [9.17, 15) is 4.79 Å². The summed E-state index contributed by atoms with van der Waals surface area (Å²) in [5.74, 6) is -0.0927. The van der Waals surface area contributed by atoms with Gasteiger partial charge < -0.3 is 10.1 Å². The fourth-order valence-electron chi connectivity index (χ4n) is 2.47. The van der Waals surface area contributed by atoms with Crippen LogP contribution in [0.25, 0.3) is 0 Å². The number of nitriles is 1. The number of rotatable bonds is 3. The van der Waals surface area contributed by atoms with Crippen LogP contribution in [0.3, 0.4) is 0 Å². The van der Waals surface area contributed by atoms with E-state index < -0.39 is 0 Å². The zero-order valence-electron chi connectivity index (χ0n) is 10.9. The molecule has 0 atom stereocenters. The third-order valence-electron chi connectivity index (χ3n) is 3.53. The second kappa shape index (κ2) is 6.19. The Balaban J connectivity index is 1.93. The van der Waals surface area contributed by atoms with Crippen LogP contribution in [0.1, 0.15) is 31.4 Å². The maximum Gasteiger partial charge on any atom is 0.308 e. The molecule has 1 fully saturated rings. The van der Waals surface area contributed by atoms with Crippen molar-refractivity contribution in [3.8, 4) is 6.07 Å². The molecule has 1 heterocycles. The Hall–Kier alpha value is -2.09. The van der Waals surface area contributed by atoms with E-state index in [2.05, 4.69) is 16.4 Å². The molecule has 1 aromatic heterocycles. The monoisotopic (exact) mass is 259 g/mol. The Kier molecular flexibility index (Phi) is 4.35. The van der Waals surface area contributed by atoms with Crippen molar-refractivity contribution < 1.29 is 9.53 Å². The minimum Gasteiger partial charge on any atom is -0.469 e. The van der Waals surface area contributed by atoms with Gasteiger partial charge in [0.05, 0.1) is 18.7 Å². The van der Waals surface area contributed by atoms with Crippen molar-refractivity contribution in [1.29, 1.82) is 5.26 Å². The van der Waals surface area contributed by atoms with Gasteiger partial charge in [0.25, 0.3) is 0 Å². The van der Waals surface area contributed by atoms with Crippen LogP contribution in [0.15, 0.2) is 18.3 Å². The topological polar surface area (TPSA) is 75.0 Å². The van der Waals surface area contributed by atoms with Gasteiger partial charge in [-0.1, -0.05) is 0 Å². The molecule has 0 radical (unpaired) electrons. The first kappa shape index (κ1) is 13.3. The molecule has 5 nitrogen and oxygen atoms in total. The quantitative estimate of drug-likeness (QED) is 0.841. The number of carbonyl (C=O) groups excluding carboxylic acids is 1. The van der Waals surface area contributed by atoms with Gasteiger partial charge in [-0.05, 0) is 37.8 Å². The van der Waals surface area contributed by atoms with Crippen molar-refractivity contribution in [2.75, 3.05) is 12.4 Å². The number of methoxy groups -OCH3 is 1. The van der Waals surface area contributed by atoms with Crippen molar-refractivity contribution in [2.24, 2.45) is 5.92 Å². The molecule has 0 saturated heterocycles. The summed E-state index contributed by atoms with van der Waals surface area (Å²) < 4.78 is 4.77. The van der Waals surface area contributed by atoms with Gasteiger partial charge in [0.2, 0.25) is 0 Å². The number of pyridine rings is 1. The minimum atomic E-state index is -0.113. The SMILES string of the molecule is COC(=O)C1CCC(Nc2cccnc2C#N)CC1. The van der Waals surface area contributed by atoms with Crippen molar-refractivity contribution in [3.63, 3.8) is 0 Å². The molecule has 0 unspecified atom stereocenters. The van der Waals surface area contributed by atoms with Crippen molar-refractivity contribution in [2.45, 2.75) is 31.7 Å². The number of carbonyl (C=O) groups is 1. The molecule has 0 bridgehead atoms. The number of esters is 1. The maximum absolute atomic E-state index is 11.4. The summed E-state index contributed by atoms with van der Waals surface area (Å²) in [5.41, 5.74) is 1.18. The number of nitrogens with one attached hydrogen (secondary N) is 1. The number of hydrogen-bond donors (Lipinski definition) is 1. The average molecular weight is 259 g/mol. The van der Waals surface area contributed by atoms with E-state index in [1.54, 1.807) is 6.20 Å². The van der Waals surface area contributed by atoms with Crippen LogP contribution in [-0.2, 0) is 9.53 Å². The molecule has 0 spiro atoms. The number of aromatic nitrogens is 1. The number of nitrogens with zero attached hydrogens (tertiary/aromatic N) is 2. The molecule has 1 aliphatic rings. The molecular weight excluding hydrogens is 242 g/mol. The molecule has 1 N–H and O–H groups in total. The molecule has 1 saturated carbocycles. The maximum atomic E-state index is 11.4. The highest BCUT2D eigenvalue weighted by Gasteiger charge is 2.27. The molecule has 0 aliphatic heterocycles. The van der Waals surface area contributed by atoms with Crippen molar-refractivity contribution in [1.82, 2.24) is 4.98 Å². The Morgan fingerprint density at radius 1 is 1.47 bits per heavy atom. The molecule has 2 rings (SSSR count). The highest BCUT2D eigenvalue weighted by atomic mass is 16.5. The lowest BCUT2D eigenvalue weighted by molar-refractivity contribution is -0.146. The predicted molar refractivity (Wildman–Crippen MR) is 70.3 cm³/mol. The molecular formula is C14H17N3O2. The first-order valence-electron chi connectivity index (χ1n) is 6.44. The standard InChI is InChI=1S/C14H17N3O2/c1-19-14(18)10-4-6-11(7-5-10)17-12-3-2-8-16-13(12)9-15/h2-3,8,10-11,17H,4-7H2,1H3. The summed E-state index contributed by atoms with van der Waals surface area (Å²) in [6, 6.07) is 6.03. The zero-order valence-corrected chi connectivity index (χ0v) is 10.9.